The number of carbonyl (C=O) groups is 1. The van der Waals surface area contributed by atoms with E-state index in [9.17, 15) is 4.79 Å². The highest BCUT2D eigenvalue weighted by Gasteiger charge is 2.27. The highest BCUT2D eigenvalue weighted by atomic mass is 32.2. The van der Waals surface area contributed by atoms with Gasteiger partial charge >= 0.3 is 0 Å². The van der Waals surface area contributed by atoms with Gasteiger partial charge in [0.2, 0.25) is 0 Å². The van der Waals surface area contributed by atoms with Crippen LogP contribution >= 0.6 is 11.8 Å². The van der Waals surface area contributed by atoms with Crippen LogP contribution in [0, 0.1) is 5.92 Å². The predicted molar refractivity (Wildman–Crippen MR) is 81.1 cm³/mol. The molecular weight excluding hydrogens is 272 g/mol. The lowest BCUT2D eigenvalue weighted by Crippen LogP contribution is -2.43. The molecule has 0 aromatic carbocycles. The van der Waals surface area contributed by atoms with Gasteiger partial charge in [-0.1, -0.05) is 0 Å². The Bertz CT molecular complexity index is 421. The second-order valence-corrected chi connectivity index (χ2v) is 6.83. The Hall–Kier alpha value is -0.940. The van der Waals surface area contributed by atoms with E-state index in [1.165, 1.54) is 50.1 Å². The molecule has 2 saturated heterocycles. The van der Waals surface area contributed by atoms with Crippen LogP contribution in [-0.4, -0.2) is 48.0 Å². The molecule has 20 heavy (non-hydrogen) atoms. The van der Waals surface area contributed by atoms with Gasteiger partial charge in [-0.25, -0.2) is 0 Å². The van der Waals surface area contributed by atoms with Crippen molar-refractivity contribution < 1.29 is 9.21 Å². The molecule has 2 aliphatic rings. The van der Waals surface area contributed by atoms with Crippen LogP contribution < -0.4 is 5.32 Å². The first-order chi connectivity index (χ1) is 9.83. The van der Waals surface area contributed by atoms with Crippen LogP contribution in [0.2, 0.25) is 0 Å². The summed E-state index contributed by atoms with van der Waals surface area (Å²) in [5.41, 5.74) is 0. The van der Waals surface area contributed by atoms with Gasteiger partial charge < -0.3 is 9.73 Å². The third-order valence-corrected chi connectivity index (χ3v) is 5.51. The number of likely N-dealkylation sites (tertiary alicyclic amines) is 1. The number of rotatable bonds is 4. The number of nitrogens with one attached hydrogen (secondary N) is 1. The van der Waals surface area contributed by atoms with Crippen molar-refractivity contribution in [3.05, 3.63) is 24.2 Å². The van der Waals surface area contributed by atoms with Crippen molar-refractivity contribution in [1.82, 2.24) is 10.2 Å². The fourth-order valence-electron chi connectivity index (χ4n) is 3.06. The van der Waals surface area contributed by atoms with Crippen molar-refractivity contribution in [1.29, 1.82) is 0 Å². The van der Waals surface area contributed by atoms with Gasteiger partial charge in [0.05, 0.1) is 6.26 Å². The minimum absolute atomic E-state index is 0.0929. The van der Waals surface area contributed by atoms with Crippen LogP contribution in [0.25, 0.3) is 0 Å². The summed E-state index contributed by atoms with van der Waals surface area (Å²) < 4.78 is 5.10. The monoisotopic (exact) mass is 294 g/mol. The fourth-order valence-corrected chi connectivity index (χ4v) is 4.32. The predicted octanol–water partition coefficient (Wildman–Crippen LogP) is 2.23. The van der Waals surface area contributed by atoms with E-state index >= 15 is 0 Å². The van der Waals surface area contributed by atoms with Gasteiger partial charge in [-0.15, -0.1) is 0 Å². The van der Waals surface area contributed by atoms with Gasteiger partial charge in [-0.2, -0.15) is 11.8 Å². The Balaban J connectivity index is 1.39. The van der Waals surface area contributed by atoms with Crippen molar-refractivity contribution in [2.45, 2.75) is 25.3 Å². The van der Waals surface area contributed by atoms with Gasteiger partial charge in [-0.3, -0.25) is 9.69 Å². The number of thioether (sulfide) groups is 1. The molecule has 5 heteroatoms. The summed E-state index contributed by atoms with van der Waals surface area (Å²) in [4.78, 5) is 14.4. The molecule has 1 atom stereocenters. The van der Waals surface area contributed by atoms with E-state index in [0.29, 0.717) is 11.7 Å². The number of furan rings is 1. The Morgan fingerprint density at radius 1 is 1.40 bits per heavy atom. The third-order valence-electron chi connectivity index (χ3n) is 4.37. The molecule has 3 rings (SSSR count). The van der Waals surface area contributed by atoms with Crippen LogP contribution in [0.15, 0.2) is 22.8 Å². The van der Waals surface area contributed by atoms with Crippen LogP contribution in [0.5, 0.6) is 0 Å². The summed E-state index contributed by atoms with van der Waals surface area (Å²) >= 11 is 2.08. The average molecular weight is 294 g/mol. The number of amides is 1. The molecule has 0 unspecified atom stereocenters. The number of hydrogen-bond donors (Lipinski definition) is 1. The van der Waals surface area contributed by atoms with Crippen LogP contribution in [0.3, 0.4) is 0 Å². The maximum Gasteiger partial charge on any atom is 0.286 e. The zero-order chi connectivity index (χ0) is 13.8. The summed E-state index contributed by atoms with van der Waals surface area (Å²) in [6, 6.07) is 4.25. The normalized spacial score (nSPS) is 24.9. The lowest BCUT2D eigenvalue weighted by atomic mass is 9.95. The quantitative estimate of drug-likeness (QED) is 0.925. The van der Waals surface area contributed by atoms with E-state index in [0.717, 1.165) is 12.6 Å². The van der Waals surface area contributed by atoms with Gasteiger partial charge in [-0.05, 0) is 56.2 Å². The lowest BCUT2D eigenvalue weighted by Gasteiger charge is -2.35. The first kappa shape index (κ1) is 14.0. The lowest BCUT2D eigenvalue weighted by molar-refractivity contribution is 0.0901. The van der Waals surface area contributed by atoms with Crippen LogP contribution in [-0.2, 0) is 0 Å². The molecule has 4 nitrogen and oxygen atoms in total. The number of hydrogen-bond acceptors (Lipinski definition) is 4. The number of carbonyl (C=O) groups excluding carboxylic acids is 1. The zero-order valence-corrected chi connectivity index (χ0v) is 12.5. The Morgan fingerprint density at radius 3 is 2.90 bits per heavy atom. The molecule has 0 bridgehead atoms. The molecule has 1 N–H and O–H groups in total. The molecule has 0 saturated carbocycles. The SMILES string of the molecule is O=C(NCC1CCN([C@@H]2CCSC2)CC1)c1ccco1. The third kappa shape index (κ3) is 3.38. The fraction of sp³-hybridized carbons (Fsp3) is 0.667. The molecule has 0 radical (unpaired) electrons. The number of nitrogens with zero attached hydrogens (tertiary/aromatic N) is 1. The second-order valence-electron chi connectivity index (χ2n) is 5.68. The molecule has 1 aromatic heterocycles. The van der Waals surface area contributed by atoms with E-state index < -0.39 is 0 Å². The van der Waals surface area contributed by atoms with Crippen molar-refractivity contribution >= 4 is 17.7 Å². The van der Waals surface area contributed by atoms with Crippen LogP contribution in [0.4, 0.5) is 0 Å². The maximum absolute atomic E-state index is 11.8. The minimum atomic E-state index is -0.0929. The highest BCUT2D eigenvalue weighted by Crippen LogP contribution is 2.26. The highest BCUT2D eigenvalue weighted by molar-refractivity contribution is 7.99. The van der Waals surface area contributed by atoms with E-state index in [-0.39, 0.29) is 5.91 Å². The largest absolute Gasteiger partial charge is 0.459 e. The van der Waals surface area contributed by atoms with Crippen molar-refractivity contribution in [2.24, 2.45) is 5.92 Å². The smallest absolute Gasteiger partial charge is 0.286 e. The number of piperidine rings is 1. The first-order valence-electron chi connectivity index (χ1n) is 7.46. The first-order valence-corrected chi connectivity index (χ1v) is 8.62. The van der Waals surface area contributed by atoms with Crippen LogP contribution in [0.1, 0.15) is 29.8 Å². The molecule has 2 aliphatic heterocycles. The molecular formula is C15H22N2O2S. The van der Waals surface area contributed by atoms with Gasteiger partial charge in [0.1, 0.15) is 0 Å². The summed E-state index contributed by atoms with van der Waals surface area (Å²) in [6.45, 7) is 3.14. The topological polar surface area (TPSA) is 45.5 Å². The Morgan fingerprint density at radius 2 is 2.25 bits per heavy atom. The molecule has 2 fully saturated rings. The summed E-state index contributed by atoms with van der Waals surface area (Å²) in [7, 11) is 0. The molecule has 1 amide bonds. The molecule has 3 heterocycles. The Labute approximate surface area is 124 Å². The summed E-state index contributed by atoms with van der Waals surface area (Å²) in [6.07, 6.45) is 5.27. The zero-order valence-electron chi connectivity index (χ0n) is 11.7. The van der Waals surface area contributed by atoms with E-state index in [4.69, 9.17) is 4.42 Å². The summed E-state index contributed by atoms with van der Waals surface area (Å²) in [5, 5.41) is 2.98. The van der Waals surface area contributed by atoms with E-state index in [1.54, 1.807) is 12.1 Å². The minimum Gasteiger partial charge on any atom is -0.459 e. The molecule has 0 spiro atoms. The standard InChI is InChI=1S/C15H22N2O2S/c18-15(14-2-1-8-19-14)16-10-12-3-6-17(7-4-12)13-5-9-20-11-13/h1-2,8,12-13H,3-7,9-11H2,(H,16,18)/t13-/m1/s1. The Kier molecular flexibility index (Phi) is 4.68. The summed E-state index contributed by atoms with van der Waals surface area (Å²) in [5.74, 6) is 3.55. The van der Waals surface area contributed by atoms with E-state index in [2.05, 4.69) is 22.0 Å². The second kappa shape index (κ2) is 6.68. The maximum atomic E-state index is 11.8. The van der Waals surface area contributed by atoms with Gasteiger partial charge in [0.25, 0.3) is 5.91 Å². The van der Waals surface area contributed by atoms with Crippen molar-refractivity contribution in [3.63, 3.8) is 0 Å². The molecule has 110 valence electrons. The van der Waals surface area contributed by atoms with E-state index in [1.807, 2.05) is 0 Å². The molecule has 1 aromatic rings. The molecule has 0 aliphatic carbocycles. The van der Waals surface area contributed by atoms with Gasteiger partial charge in [0.15, 0.2) is 5.76 Å². The average Bonchev–Trinajstić information content (AvgIpc) is 3.18. The van der Waals surface area contributed by atoms with Crippen molar-refractivity contribution in [3.8, 4) is 0 Å². The van der Waals surface area contributed by atoms with Gasteiger partial charge in [0, 0.05) is 18.3 Å². The van der Waals surface area contributed by atoms with Crippen molar-refractivity contribution in [2.75, 3.05) is 31.1 Å².